The minimum absolute atomic E-state index is 0.179. The molecule has 1 nitrogen and oxygen atoms in total. The van der Waals surface area contributed by atoms with Gasteiger partial charge in [0.1, 0.15) is 0 Å². The predicted molar refractivity (Wildman–Crippen MR) is 54.4 cm³/mol. The van der Waals surface area contributed by atoms with Crippen molar-refractivity contribution < 1.29 is 9.13 Å². The highest BCUT2D eigenvalue weighted by Crippen LogP contribution is 2.36. The van der Waals surface area contributed by atoms with E-state index in [0.717, 1.165) is 12.0 Å². The highest BCUT2D eigenvalue weighted by atomic mass is 19.1. The van der Waals surface area contributed by atoms with Crippen molar-refractivity contribution in [1.82, 2.24) is 0 Å². The van der Waals surface area contributed by atoms with Gasteiger partial charge in [-0.25, -0.2) is 4.39 Å². The SMILES string of the molecule is Cc1cc(C(C)C)c2c(c1F)OCC2. The topological polar surface area (TPSA) is 9.23 Å². The Balaban J connectivity index is 2.64. The molecule has 0 saturated carbocycles. The van der Waals surface area contributed by atoms with Crippen LogP contribution in [0, 0.1) is 12.7 Å². The summed E-state index contributed by atoms with van der Waals surface area (Å²) < 4.78 is 18.9. The highest BCUT2D eigenvalue weighted by molar-refractivity contribution is 5.48. The van der Waals surface area contributed by atoms with Crippen LogP contribution in [-0.4, -0.2) is 6.61 Å². The van der Waals surface area contributed by atoms with E-state index in [1.54, 1.807) is 6.92 Å². The molecule has 0 aliphatic carbocycles. The standard InChI is InChI=1S/C12H15FO/c1-7(2)10-6-8(3)11(13)12-9(10)4-5-14-12/h6-7H,4-5H2,1-3H3. The van der Waals surface area contributed by atoms with Gasteiger partial charge in [-0.3, -0.25) is 0 Å². The van der Waals surface area contributed by atoms with Gasteiger partial charge in [0.25, 0.3) is 0 Å². The quantitative estimate of drug-likeness (QED) is 0.667. The molecule has 0 radical (unpaired) electrons. The molecule has 14 heavy (non-hydrogen) atoms. The summed E-state index contributed by atoms with van der Waals surface area (Å²) in [5, 5.41) is 0. The van der Waals surface area contributed by atoms with Gasteiger partial charge < -0.3 is 4.74 Å². The summed E-state index contributed by atoms with van der Waals surface area (Å²) in [5.41, 5.74) is 2.99. The van der Waals surface area contributed by atoms with Crippen molar-refractivity contribution >= 4 is 0 Å². The van der Waals surface area contributed by atoms with E-state index in [4.69, 9.17) is 4.74 Å². The molecule has 76 valence electrons. The molecule has 0 N–H and O–H groups in total. The monoisotopic (exact) mass is 194 g/mol. The Bertz CT molecular complexity index is 369. The molecular weight excluding hydrogens is 179 g/mol. The van der Waals surface area contributed by atoms with Crippen LogP contribution in [0.25, 0.3) is 0 Å². The Morgan fingerprint density at radius 3 is 2.79 bits per heavy atom. The molecule has 0 bridgehead atoms. The molecule has 0 unspecified atom stereocenters. The molecule has 1 heterocycles. The third-order valence-electron chi connectivity index (χ3n) is 2.76. The fraction of sp³-hybridized carbons (Fsp3) is 0.500. The van der Waals surface area contributed by atoms with Crippen LogP contribution in [0.2, 0.25) is 0 Å². The molecular formula is C12H15FO. The smallest absolute Gasteiger partial charge is 0.168 e. The number of benzene rings is 1. The molecule has 0 atom stereocenters. The Hall–Kier alpha value is -1.05. The third-order valence-corrected chi connectivity index (χ3v) is 2.76. The minimum Gasteiger partial charge on any atom is -0.490 e. The Morgan fingerprint density at radius 1 is 1.43 bits per heavy atom. The first-order chi connectivity index (χ1) is 6.61. The van der Waals surface area contributed by atoms with Crippen molar-refractivity contribution in [3.8, 4) is 5.75 Å². The van der Waals surface area contributed by atoms with Gasteiger partial charge in [0, 0.05) is 12.0 Å². The van der Waals surface area contributed by atoms with Crippen LogP contribution in [0.1, 0.15) is 36.5 Å². The van der Waals surface area contributed by atoms with Crippen LogP contribution in [0.3, 0.4) is 0 Å². The average Bonchev–Trinajstić information content (AvgIpc) is 2.59. The van der Waals surface area contributed by atoms with Gasteiger partial charge in [-0.15, -0.1) is 0 Å². The van der Waals surface area contributed by atoms with Crippen molar-refractivity contribution in [2.45, 2.75) is 33.1 Å². The number of halogens is 1. The van der Waals surface area contributed by atoms with Crippen LogP contribution in [-0.2, 0) is 6.42 Å². The predicted octanol–water partition coefficient (Wildman–Crippen LogP) is 3.19. The van der Waals surface area contributed by atoms with E-state index in [-0.39, 0.29) is 5.82 Å². The second-order valence-corrected chi connectivity index (χ2v) is 4.16. The molecule has 0 aromatic heterocycles. The van der Waals surface area contributed by atoms with Gasteiger partial charge in [0.05, 0.1) is 6.61 Å². The summed E-state index contributed by atoms with van der Waals surface area (Å²) in [6, 6.07) is 1.95. The lowest BCUT2D eigenvalue weighted by molar-refractivity contribution is 0.338. The molecule has 1 aliphatic heterocycles. The lowest BCUT2D eigenvalue weighted by Crippen LogP contribution is -1.97. The Morgan fingerprint density at radius 2 is 2.14 bits per heavy atom. The summed E-state index contributed by atoms with van der Waals surface area (Å²) in [5.74, 6) is 0.750. The van der Waals surface area contributed by atoms with Crippen LogP contribution < -0.4 is 4.74 Å². The van der Waals surface area contributed by atoms with Crippen LogP contribution in [0.4, 0.5) is 4.39 Å². The first-order valence-corrected chi connectivity index (χ1v) is 5.06. The number of aryl methyl sites for hydroxylation is 1. The lowest BCUT2D eigenvalue weighted by atomic mass is 9.93. The van der Waals surface area contributed by atoms with E-state index >= 15 is 0 Å². The molecule has 1 aliphatic rings. The number of fused-ring (bicyclic) bond motifs is 1. The van der Waals surface area contributed by atoms with E-state index in [1.807, 2.05) is 6.07 Å². The summed E-state index contributed by atoms with van der Waals surface area (Å²) in [4.78, 5) is 0. The minimum atomic E-state index is -0.179. The van der Waals surface area contributed by atoms with Gasteiger partial charge >= 0.3 is 0 Å². The van der Waals surface area contributed by atoms with Crippen molar-refractivity contribution in [3.05, 3.63) is 28.6 Å². The molecule has 1 aromatic carbocycles. The molecule has 0 fully saturated rings. The molecule has 0 spiro atoms. The van der Waals surface area contributed by atoms with Crippen molar-refractivity contribution in [2.24, 2.45) is 0 Å². The van der Waals surface area contributed by atoms with E-state index in [0.29, 0.717) is 23.8 Å². The lowest BCUT2D eigenvalue weighted by Gasteiger charge is -2.13. The Kier molecular flexibility index (Phi) is 2.22. The zero-order valence-corrected chi connectivity index (χ0v) is 8.86. The van der Waals surface area contributed by atoms with E-state index in [2.05, 4.69) is 13.8 Å². The normalized spacial score (nSPS) is 14.4. The number of ether oxygens (including phenoxy) is 1. The zero-order valence-electron chi connectivity index (χ0n) is 8.86. The molecule has 2 heteroatoms. The second-order valence-electron chi connectivity index (χ2n) is 4.16. The number of hydrogen-bond acceptors (Lipinski definition) is 1. The Labute approximate surface area is 83.9 Å². The van der Waals surface area contributed by atoms with Crippen molar-refractivity contribution in [1.29, 1.82) is 0 Å². The van der Waals surface area contributed by atoms with Gasteiger partial charge in [0.2, 0.25) is 0 Å². The fourth-order valence-corrected chi connectivity index (χ4v) is 2.01. The zero-order chi connectivity index (χ0) is 10.3. The maximum atomic E-state index is 13.6. The number of rotatable bonds is 1. The van der Waals surface area contributed by atoms with Crippen LogP contribution >= 0.6 is 0 Å². The summed E-state index contributed by atoms with van der Waals surface area (Å²) in [6.45, 7) is 6.68. The van der Waals surface area contributed by atoms with E-state index < -0.39 is 0 Å². The third kappa shape index (κ3) is 1.29. The average molecular weight is 194 g/mol. The summed E-state index contributed by atoms with van der Waals surface area (Å²) in [6.07, 6.45) is 0.847. The molecule has 1 aromatic rings. The van der Waals surface area contributed by atoms with Gasteiger partial charge in [-0.2, -0.15) is 0 Å². The maximum Gasteiger partial charge on any atom is 0.168 e. The first kappa shape index (κ1) is 9.50. The second kappa shape index (κ2) is 3.26. The largest absolute Gasteiger partial charge is 0.490 e. The molecule has 2 rings (SSSR count). The van der Waals surface area contributed by atoms with Crippen molar-refractivity contribution in [2.75, 3.05) is 6.61 Å². The van der Waals surface area contributed by atoms with E-state index in [9.17, 15) is 4.39 Å². The number of hydrogen-bond donors (Lipinski definition) is 0. The van der Waals surface area contributed by atoms with Crippen LogP contribution in [0.5, 0.6) is 5.75 Å². The van der Waals surface area contributed by atoms with Gasteiger partial charge in [0.15, 0.2) is 11.6 Å². The molecule has 0 amide bonds. The van der Waals surface area contributed by atoms with Gasteiger partial charge in [-0.1, -0.05) is 19.9 Å². The fourth-order valence-electron chi connectivity index (χ4n) is 2.01. The van der Waals surface area contributed by atoms with Crippen LogP contribution in [0.15, 0.2) is 6.07 Å². The first-order valence-electron chi connectivity index (χ1n) is 5.06. The van der Waals surface area contributed by atoms with E-state index in [1.165, 1.54) is 5.56 Å². The van der Waals surface area contributed by atoms with Crippen molar-refractivity contribution in [3.63, 3.8) is 0 Å². The summed E-state index contributed by atoms with van der Waals surface area (Å²) in [7, 11) is 0. The highest BCUT2D eigenvalue weighted by Gasteiger charge is 2.23. The molecule has 0 saturated heterocycles. The summed E-state index contributed by atoms with van der Waals surface area (Å²) >= 11 is 0. The van der Waals surface area contributed by atoms with Gasteiger partial charge in [-0.05, 0) is 24.0 Å². The maximum absolute atomic E-state index is 13.6.